The number of benzene rings is 1. The molecule has 0 bridgehead atoms. The maximum absolute atomic E-state index is 13.8. The Kier molecular flexibility index (Phi) is 7.96. The van der Waals surface area contributed by atoms with Crippen LogP contribution in [0.3, 0.4) is 0 Å². The van der Waals surface area contributed by atoms with Crippen molar-refractivity contribution in [2.45, 2.75) is 30.1 Å². The Labute approximate surface area is 211 Å². The number of sulfone groups is 1. The Morgan fingerprint density at radius 1 is 1.11 bits per heavy atom. The summed E-state index contributed by atoms with van der Waals surface area (Å²) in [6, 6.07) is 9.17. The number of carbonyl (C=O) groups is 1. The van der Waals surface area contributed by atoms with E-state index in [1.807, 2.05) is 0 Å². The summed E-state index contributed by atoms with van der Waals surface area (Å²) < 4.78 is 61.7. The van der Waals surface area contributed by atoms with Crippen LogP contribution in [0, 0.1) is 5.92 Å². The highest BCUT2D eigenvalue weighted by molar-refractivity contribution is 7.90. The molecule has 0 aliphatic heterocycles. The fourth-order valence-electron chi connectivity index (χ4n) is 3.85. The van der Waals surface area contributed by atoms with E-state index in [1.165, 1.54) is 24.3 Å². The second-order valence-corrected chi connectivity index (χ2v) is 11.4. The van der Waals surface area contributed by atoms with Crippen LogP contribution in [-0.4, -0.2) is 63.2 Å². The van der Waals surface area contributed by atoms with Crippen molar-refractivity contribution in [2.24, 2.45) is 5.92 Å². The zero-order valence-electron chi connectivity index (χ0n) is 19.6. The molecule has 4 rings (SSSR count). The molecular weight excluding hydrogens is 512 g/mol. The number of allylic oxidation sites excluding steroid dienone is 1. The van der Waals surface area contributed by atoms with Crippen LogP contribution in [0.15, 0.2) is 47.4 Å². The van der Waals surface area contributed by atoms with Crippen LogP contribution in [0.25, 0.3) is 15.9 Å². The molecule has 0 saturated heterocycles. The number of halogens is 2. The van der Waals surface area contributed by atoms with Crippen molar-refractivity contribution in [1.82, 2.24) is 9.97 Å². The number of pyridine rings is 1. The van der Waals surface area contributed by atoms with E-state index in [0.29, 0.717) is 35.0 Å². The molecule has 192 valence electrons. The molecule has 3 atom stereocenters. The lowest BCUT2D eigenvalue weighted by Crippen LogP contribution is -2.14. The highest BCUT2D eigenvalue weighted by atomic mass is 32.2. The van der Waals surface area contributed by atoms with E-state index < -0.39 is 34.0 Å². The molecule has 0 spiro atoms. The van der Waals surface area contributed by atoms with Gasteiger partial charge >= 0.3 is 0 Å². The van der Waals surface area contributed by atoms with E-state index in [1.54, 1.807) is 25.3 Å². The molecule has 3 aromatic rings. The van der Waals surface area contributed by atoms with Crippen LogP contribution in [0.4, 0.5) is 13.9 Å². The van der Waals surface area contributed by atoms with Gasteiger partial charge in [0.15, 0.2) is 15.0 Å². The first kappa shape index (κ1) is 26.1. The molecule has 12 heteroatoms. The van der Waals surface area contributed by atoms with Gasteiger partial charge in [0, 0.05) is 25.0 Å². The number of aromatic nitrogens is 2. The predicted molar refractivity (Wildman–Crippen MR) is 133 cm³/mol. The first-order chi connectivity index (χ1) is 17.1. The molecule has 1 aliphatic rings. The summed E-state index contributed by atoms with van der Waals surface area (Å²) in [4.78, 5) is 22.7. The Hall–Kier alpha value is -2.96. The SMILES string of the molecule is COCCOc1ccc2nc(NC(=O)C(=CC3C[C@@H](F)[C@@H](F)C3)c3ccc(S(C)(=O)=O)cc3)sc2n1. The van der Waals surface area contributed by atoms with Gasteiger partial charge in [-0.2, -0.15) is 0 Å². The van der Waals surface area contributed by atoms with Gasteiger partial charge in [0.05, 0.1) is 11.5 Å². The van der Waals surface area contributed by atoms with Gasteiger partial charge in [-0.05, 0) is 42.5 Å². The molecular formula is C24H25F2N3O5S2. The molecule has 1 aliphatic carbocycles. The number of fused-ring (bicyclic) bond motifs is 1. The van der Waals surface area contributed by atoms with Crippen molar-refractivity contribution in [3.63, 3.8) is 0 Å². The maximum atomic E-state index is 13.8. The van der Waals surface area contributed by atoms with Crippen molar-refractivity contribution < 1.29 is 31.5 Å². The van der Waals surface area contributed by atoms with Gasteiger partial charge in [-0.15, -0.1) is 0 Å². The molecule has 1 aromatic carbocycles. The minimum atomic E-state index is -3.43. The van der Waals surface area contributed by atoms with Crippen LogP contribution < -0.4 is 10.1 Å². The number of carbonyl (C=O) groups excluding carboxylic acids is 1. The van der Waals surface area contributed by atoms with Gasteiger partial charge in [-0.3, -0.25) is 10.1 Å². The fourth-order valence-corrected chi connectivity index (χ4v) is 5.31. The summed E-state index contributed by atoms with van der Waals surface area (Å²) in [7, 11) is -1.86. The van der Waals surface area contributed by atoms with Crippen LogP contribution in [0.1, 0.15) is 18.4 Å². The summed E-state index contributed by atoms with van der Waals surface area (Å²) in [6.45, 7) is 0.752. The van der Waals surface area contributed by atoms with Gasteiger partial charge in [0.1, 0.15) is 29.3 Å². The monoisotopic (exact) mass is 537 g/mol. The fraction of sp³-hybridized carbons (Fsp3) is 0.375. The van der Waals surface area contributed by atoms with Crippen molar-refractivity contribution >= 4 is 48.1 Å². The van der Waals surface area contributed by atoms with Gasteiger partial charge in [0.2, 0.25) is 5.88 Å². The van der Waals surface area contributed by atoms with E-state index in [9.17, 15) is 22.0 Å². The third kappa shape index (κ3) is 6.23. The molecule has 0 radical (unpaired) electrons. The Bertz CT molecular complexity index is 1370. The quantitative estimate of drug-likeness (QED) is 0.322. The number of alkyl halides is 2. The average Bonchev–Trinajstić information content (AvgIpc) is 3.38. The lowest BCUT2D eigenvalue weighted by atomic mass is 9.98. The topological polar surface area (TPSA) is 107 Å². The van der Waals surface area contributed by atoms with E-state index >= 15 is 0 Å². The Balaban J connectivity index is 1.59. The molecule has 2 aromatic heterocycles. The summed E-state index contributed by atoms with van der Waals surface area (Å²) >= 11 is 1.15. The molecule has 1 N–H and O–H groups in total. The first-order valence-corrected chi connectivity index (χ1v) is 13.9. The van der Waals surface area contributed by atoms with Gasteiger partial charge < -0.3 is 9.47 Å². The van der Waals surface area contributed by atoms with Gasteiger partial charge in [-0.25, -0.2) is 27.2 Å². The number of ether oxygens (including phenoxy) is 2. The van der Waals surface area contributed by atoms with Crippen LogP contribution in [-0.2, 0) is 19.4 Å². The van der Waals surface area contributed by atoms with E-state index in [4.69, 9.17) is 9.47 Å². The zero-order chi connectivity index (χ0) is 25.9. The maximum Gasteiger partial charge on any atom is 0.257 e. The molecule has 2 heterocycles. The number of amides is 1. The smallest absolute Gasteiger partial charge is 0.257 e. The number of rotatable bonds is 9. The highest BCUT2D eigenvalue weighted by Gasteiger charge is 2.34. The third-order valence-corrected chi connectivity index (χ3v) is 7.69. The van der Waals surface area contributed by atoms with Gasteiger partial charge in [0.25, 0.3) is 5.91 Å². The second kappa shape index (κ2) is 11.0. The van der Waals surface area contributed by atoms with Crippen LogP contribution in [0.2, 0.25) is 0 Å². The molecule has 1 unspecified atom stereocenters. The summed E-state index contributed by atoms with van der Waals surface area (Å²) in [5.74, 6) is -0.611. The minimum Gasteiger partial charge on any atom is -0.475 e. The zero-order valence-corrected chi connectivity index (χ0v) is 21.2. The molecule has 36 heavy (non-hydrogen) atoms. The van der Waals surface area contributed by atoms with E-state index in [0.717, 1.165) is 17.6 Å². The van der Waals surface area contributed by atoms with Crippen molar-refractivity contribution in [3.8, 4) is 5.88 Å². The van der Waals surface area contributed by atoms with Crippen LogP contribution >= 0.6 is 11.3 Å². The molecule has 1 fully saturated rings. The van der Waals surface area contributed by atoms with Crippen molar-refractivity contribution in [3.05, 3.63) is 48.0 Å². The Morgan fingerprint density at radius 3 is 2.44 bits per heavy atom. The average molecular weight is 538 g/mol. The van der Waals surface area contributed by atoms with Crippen molar-refractivity contribution in [1.29, 1.82) is 0 Å². The van der Waals surface area contributed by atoms with E-state index in [-0.39, 0.29) is 28.4 Å². The molecule has 8 nitrogen and oxygen atoms in total. The lowest BCUT2D eigenvalue weighted by Gasteiger charge is -2.11. The number of nitrogens with zero attached hydrogens (tertiary/aromatic N) is 2. The number of hydrogen-bond acceptors (Lipinski definition) is 8. The van der Waals surface area contributed by atoms with Crippen molar-refractivity contribution in [2.75, 3.05) is 31.9 Å². The van der Waals surface area contributed by atoms with Gasteiger partial charge in [-0.1, -0.05) is 29.5 Å². The lowest BCUT2D eigenvalue weighted by molar-refractivity contribution is -0.111. The number of anilines is 1. The summed E-state index contributed by atoms with van der Waals surface area (Å²) in [5.41, 5.74) is 1.16. The van der Waals surface area contributed by atoms with Crippen LogP contribution in [0.5, 0.6) is 5.88 Å². The molecule has 1 amide bonds. The number of thiazole rings is 1. The largest absolute Gasteiger partial charge is 0.475 e. The minimum absolute atomic E-state index is 0.0315. The first-order valence-electron chi connectivity index (χ1n) is 11.1. The third-order valence-electron chi connectivity index (χ3n) is 5.68. The summed E-state index contributed by atoms with van der Waals surface area (Å²) in [5, 5.41) is 3.02. The standard InChI is InChI=1S/C24H25F2N3O5S2/c1-33-9-10-34-21-8-7-20-23(28-21)35-24(27-20)29-22(30)17(11-14-12-18(25)19(26)13-14)15-3-5-16(6-4-15)36(2,31)32/h3-8,11,14,18-19H,9-10,12-13H2,1-2H3,(H,27,29,30)/t14?,18-,19+. The highest BCUT2D eigenvalue weighted by Crippen LogP contribution is 2.34. The second-order valence-electron chi connectivity index (χ2n) is 8.43. The summed E-state index contributed by atoms with van der Waals surface area (Å²) in [6.07, 6.45) is -0.601. The molecule has 1 saturated carbocycles. The normalized spacial score (nSPS) is 20.6. The Morgan fingerprint density at radius 2 is 1.81 bits per heavy atom. The number of hydrogen-bond donors (Lipinski definition) is 1. The number of nitrogens with one attached hydrogen (secondary N) is 1. The van der Waals surface area contributed by atoms with E-state index in [2.05, 4.69) is 15.3 Å². The predicted octanol–water partition coefficient (Wildman–Crippen LogP) is 4.23. The number of methoxy groups -OCH3 is 1.